The maximum Gasteiger partial charge on any atom is 0.303 e. The highest BCUT2D eigenvalue weighted by molar-refractivity contribution is 5.94. The van der Waals surface area contributed by atoms with Crippen LogP contribution in [0.2, 0.25) is 0 Å². The van der Waals surface area contributed by atoms with Gasteiger partial charge in [0.2, 0.25) is 0 Å². The van der Waals surface area contributed by atoms with E-state index in [0.717, 1.165) is 12.1 Å². The van der Waals surface area contributed by atoms with Crippen LogP contribution >= 0.6 is 0 Å². The number of benzene rings is 1. The van der Waals surface area contributed by atoms with Crippen molar-refractivity contribution in [2.24, 2.45) is 0 Å². The minimum Gasteiger partial charge on any atom is -0.481 e. The van der Waals surface area contributed by atoms with Gasteiger partial charge in [-0.2, -0.15) is 0 Å². The lowest BCUT2D eigenvalue weighted by Crippen LogP contribution is -2.33. The molecule has 1 rings (SSSR count). The van der Waals surface area contributed by atoms with E-state index in [1.54, 1.807) is 6.92 Å². The molecule has 0 radical (unpaired) electrons. The van der Waals surface area contributed by atoms with E-state index in [9.17, 15) is 18.4 Å². The Kier molecular flexibility index (Phi) is 4.76. The molecule has 4 nitrogen and oxygen atoms in total. The van der Waals surface area contributed by atoms with Crippen LogP contribution in [0.15, 0.2) is 18.2 Å². The Balaban J connectivity index is 2.61. The minimum atomic E-state index is -0.965. The van der Waals surface area contributed by atoms with Crippen LogP contribution in [0.4, 0.5) is 8.78 Å². The Morgan fingerprint density at radius 3 is 2.33 bits per heavy atom. The molecule has 0 bridgehead atoms. The van der Waals surface area contributed by atoms with Crippen molar-refractivity contribution < 1.29 is 23.5 Å². The van der Waals surface area contributed by atoms with Gasteiger partial charge in [-0.15, -0.1) is 0 Å². The Morgan fingerprint density at radius 2 is 1.83 bits per heavy atom. The molecule has 0 fully saturated rings. The normalized spacial score (nSPS) is 11.9. The van der Waals surface area contributed by atoms with Crippen molar-refractivity contribution in [2.75, 3.05) is 0 Å². The first-order chi connectivity index (χ1) is 8.38. The Hall–Kier alpha value is -1.98. The molecule has 1 aromatic carbocycles. The van der Waals surface area contributed by atoms with Gasteiger partial charge in [0, 0.05) is 24.1 Å². The Bertz CT molecular complexity index is 442. The van der Waals surface area contributed by atoms with Crippen molar-refractivity contribution in [3.05, 3.63) is 35.4 Å². The largest absolute Gasteiger partial charge is 0.481 e. The number of hydrogen-bond donors (Lipinski definition) is 2. The standard InChI is InChI=1S/C12H13F2NO3/c1-7(2-3-11(16)17)15-12(18)8-4-9(13)6-10(14)5-8/h4-7H,2-3H2,1H3,(H,15,18)(H,16,17). The summed E-state index contributed by atoms with van der Waals surface area (Å²) >= 11 is 0. The molecular weight excluding hydrogens is 244 g/mol. The second-order valence-electron chi connectivity index (χ2n) is 3.97. The summed E-state index contributed by atoms with van der Waals surface area (Å²) in [5.74, 6) is -3.27. The van der Waals surface area contributed by atoms with Gasteiger partial charge in [-0.1, -0.05) is 0 Å². The molecule has 18 heavy (non-hydrogen) atoms. The fraction of sp³-hybridized carbons (Fsp3) is 0.333. The fourth-order valence-electron chi connectivity index (χ4n) is 1.40. The zero-order valence-corrected chi connectivity index (χ0v) is 9.74. The molecule has 0 heterocycles. The van der Waals surface area contributed by atoms with Gasteiger partial charge in [0.1, 0.15) is 11.6 Å². The molecule has 0 aliphatic rings. The lowest BCUT2D eigenvalue weighted by Gasteiger charge is -2.12. The maximum atomic E-state index is 12.9. The quantitative estimate of drug-likeness (QED) is 0.847. The zero-order chi connectivity index (χ0) is 13.7. The first kappa shape index (κ1) is 14.1. The molecule has 0 aliphatic carbocycles. The van der Waals surface area contributed by atoms with Gasteiger partial charge < -0.3 is 10.4 Å². The topological polar surface area (TPSA) is 66.4 Å². The zero-order valence-electron chi connectivity index (χ0n) is 9.74. The molecule has 1 amide bonds. The highest BCUT2D eigenvalue weighted by Crippen LogP contribution is 2.08. The van der Waals surface area contributed by atoms with Crippen molar-refractivity contribution >= 4 is 11.9 Å². The van der Waals surface area contributed by atoms with E-state index in [1.165, 1.54) is 0 Å². The summed E-state index contributed by atoms with van der Waals surface area (Å²) in [4.78, 5) is 21.9. The summed E-state index contributed by atoms with van der Waals surface area (Å²) in [6, 6.07) is 2.12. The summed E-state index contributed by atoms with van der Waals surface area (Å²) in [5.41, 5.74) is -0.130. The van der Waals surface area contributed by atoms with E-state index in [-0.39, 0.29) is 24.4 Å². The van der Waals surface area contributed by atoms with Crippen LogP contribution in [0.3, 0.4) is 0 Å². The molecule has 0 saturated carbocycles. The van der Waals surface area contributed by atoms with Crippen molar-refractivity contribution in [3.63, 3.8) is 0 Å². The number of rotatable bonds is 5. The third-order valence-electron chi connectivity index (χ3n) is 2.29. The number of amides is 1. The monoisotopic (exact) mass is 257 g/mol. The third-order valence-corrected chi connectivity index (χ3v) is 2.29. The van der Waals surface area contributed by atoms with E-state index < -0.39 is 23.5 Å². The van der Waals surface area contributed by atoms with Crippen LogP contribution in [-0.2, 0) is 4.79 Å². The van der Waals surface area contributed by atoms with E-state index >= 15 is 0 Å². The van der Waals surface area contributed by atoms with Gasteiger partial charge in [-0.3, -0.25) is 9.59 Å². The number of aliphatic carboxylic acids is 1. The second kappa shape index (κ2) is 6.09. The highest BCUT2D eigenvalue weighted by Gasteiger charge is 2.12. The van der Waals surface area contributed by atoms with Crippen LogP contribution in [-0.4, -0.2) is 23.0 Å². The number of carboxylic acids is 1. The summed E-state index contributed by atoms with van der Waals surface area (Å²) in [6.45, 7) is 1.62. The Labute approximate surface area is 103 Å². The van der Waals surface area contributed by atoms with E-state index in [1.807, 2.05) is 0 Å². The molecule has 1 unspecified atom stereocenters. The van der Waals surface area contributed by atoms with Crippen LogP contribution in [0, 0.1) is 11.6 Å². The predicted molar refractivity (Wildman–Crippen MR) is 60.2 cm³/mol. The number of hydrogen-bond acceptors (Lipinski definition) is 2. The average molecular weight is 257 g/mol. The average Bonchev–Trinajstić information content (AvgIpc) is 2.25. The smallest absolute Gasteiger partial charge is 0.303 e. The molecular formula is C12H13F2NO3. The summed E-state index contributed by atoms with van der Waals surface area (Å²) in [7, 11) is 0. The Morgan fingerprint density at radius 1 is 1.28 bits per heavy atom. The molecule has 0 aliphatic heterocycles. The van der Waals surface area contributed by atoms with Gasteiger partial charge in [0.05, 0.1) is 0 Å². The van der Waals surface area contributed by atoms with Gasteiger partial charge >= 0.3 is 5.97 Å². The second-order valence-corrected chi connectivity index (χ2v) is 3.97. The summed E-state index contributed by atoms with van der Waals surface area (Å²) in [5, 5.41) is 10.9. The lowest BCUT2D eigenvalue weighted by molar-refractivity contribution is -0.137. The number of halogens is 2. The van der Waals surface area contributed by atoms with Crippen molar-refractivity contribution in [3.8, 4) is 0 Å². The van der Waals surface area contributed by atoms with Crippen LogP contribution in [0.5, 0.6) is 0 Å². The lowest BCUT2D eigenvalue weighted by atomic mass is 10.1. The number of carboxylic acid groups (broad SMARTS) is 1. The number of carbonyl (C=O) groups is 2. The SMILES string of the molecule is CC(CCC(=O)O)NC(=O)c1cc(F)cc(F)c1. The molecule has 6 heteroatoms. The van der Waals surface area contributed by atoms with Gasteiger partial charge in [-0.25, -0.2) is 8.78 Å². The third kappa shape index (κ3) is 4.48. The van der Waals surface area contributed by atoms with Crippen LogP contribution < -0.4 is 5.32 Å². The first-order valence-electron chi connectivity index (χ1n) is 5.37. The van der Waals surface area contributed by atoms with Gasteiger partial charge in [0.15, 0.2) is 0 Å². The van der Waals surface area contributed by atoms with Crippen LogP contribution in [0.25, 0.3) is 0 Å². The minimum absolute atomic E-state index is 0.0844. The molecule has 0 saturated heterocycles. The first-order valence-corrected chi connectivity index (χ1v) is 5.37. The predicted octanol–water partition coefficient (Wildman–Crippen LogP) is 1.95. The molecule has 1 aromatic rings. The molecule has 0 aromatic heterocycles. The van der Waals surface area contributed by atoms with Crippen molar-refractivity contribution in [1.82, 2.24) is 5.32 Å². The van der Waals surface area contributed by atoms with E-state index in [0.29, 0.717) is 6.07 Å². The van der Waals surface area contributed by atoms with Crippen molar-refractivity contribution in [1.29, 1.82) is 0 Å². The number of nitrogens with one attached hydrogen (secondary N) is 1. The van der Waals surface area contributed by atoms with E-state index in [2.05, 4.69) is 5.32 Å². The summed E-state index contributed by atoms with van der Waals surface area (Å²) in [6.07, 6.45) is 0.165. The van der Waals surface area contributed by atoms with Gasteiger partial charge in [-0.05, 0) is 25.5 Å². The van der Waals surface area contributed by atoms with Crippen molar-refractivity contribution in [2.45, 2.75) is 25.8 Å². The van der Waals surface area contributed by atoms with E-state index in [4.69, 9.17) is 5.11 Å². The molecule has 1 atom stereocenters. The fourth-order valence-corrected chi connectivity index (χ4v) is 1.40. The molecule has 98 valence electrons. The summed E-state index contributed by atoms with van der Waals surface area (Å²) < 4.78 is 25.8. The molecule has 0 spiro atoms. The van der Waals surface area contributed by atoms with Crippen LogP contribution in [0.1, 0.15) is 30.1 Å². The number of carbonyl (C=O) groups excluding carboxylic acids is 1. The highest BCUT2D eigenvalue weighted by atomic mass is 19.1. The molecule has 2 N–H and O–H groups in total. The van der Waals surface area contributed by atoms with Gasteiger partial charge in [0.25, 0.3) is 5.91 Å². The maximum absolute atomic E-state index is 12.9.